The molecule has 0 radical (unpaired) electrons. The minimum atomic E-state index is 0.0998. The summed E-state index contributed by atoms with van der Waals surface area (Å²) in [6.07, 6.45) is 3.54. The highest BCUT2D eigenvalue weighted by Crippen LogP contribution is 2.48. The summed E-state index contributed by atoms with van der Waals surface area (Å²) in [6.45, 7) is 0.679. The van der Waals surface area contributed by atoms with E-state index in [1.807, 2.05) is 12.1 Å². The van der Waals surface area contributed by atoms with Crippen LogP contribution < -0.4 is 15.2 Å². The fourth-order valence-corrected chi connectivity index (χ4v) is 3.30. The largest absolute Gasteiger partial charge is 0.496 e. The van der Waals surface area contributed by atoms with Crippen molar-refractivity contribution in [3.8, 4) is 11.5 Å². The molecule has 0 amide bonds. The highest BCUT2D eigenvalue weighted by atomic mass is 16.5. The minimum absolute atomic E-state index is 0.0998. The zero-order valence-corrected chi connectivity index (χ0v) is 12.1. The van der Waals surface area contributed by atoms with E-state index < -0.39 is 0 Å². The average Bonchev–Trinajstić information content (AvgIpc) is 2.45. The normalized spacial score (nSPS) is 16.8. The van der Waals surface area contributed by atoms with Crippen LogP contribution in [0.3, 0.4) is 0 Å². The first-order chi connectivity index (χ1) is 9.75. The van der Waals surface area contributed by atoms with Gasteiger partial charge in [-0.2, -0.15) is 0 Å². The Morgan fingerprint density at radius 3 is 2.40 bits per heavy atom. The van der Waals surface area contributed by atoms with E-state index in [1.165, 1.54) is 12.0 Å². The van der Waals surface area contributed by atoms with Gasteiger partial charge in [-0.15, -0.1) is 0 Å². The molecule has 0 spiro atoms. The van der Waals surface area contributed by atoms with Crippen LogP contribution in [0.1, 0.15) is 24.8 Å². The highest BCUT2D eigenvalue weighted by Gasteiger charge is 2.39. The van der Waals surface area contributed by atoms with Crippen molar-refractivity contribution in [1.82, 2.24) is 0 Å². The molecule has 1 aliphatic carbocycles. The molecule has 0 heterocycles. The monoisotopic (exact) mass is 271 g/mol. The van der Waals surface area contributed by atoms with Crippen molar-refractivity contribution in [2.75, 3.05) is 20.8 Å². The van der Waals surface area contributed by atoms with Crippen molar-refractivity contribution in [3.05, 3.63) is 35.9 Å². The molecule has 106 valence electrons. The molecule has 2 aromatic rings. The molecule has 0 aromatic heterocycles. The second kappa shape index (κ2) is 4.98. The van der Waals surface area contributed by atoms with Gasteiger partial charge in [0.05, 0.1) is 14.2 Å². The molecule has 2 aromatic carbocycles. The van der Waals surface area contributed by atoms with E-state index in [-0.39, 0.29) is 5.41 Å². The van der Waals surface area contributed by atoms with E-state index in [9.17, 15) is 0 Å². The molecule has 0 aliphatic heterocycles. The van der Waals surface area contributed by atoms with Crippen LogP contribution >= 0.6 is 0 Å². The Morgan fingerprint density at radius 2 is 1.85 bits per heavy atom. The highest BCUT2D eigenvalue weighted by molar-refractivity contribution is 5.94. The van der Waals surface area contributed by atoms with Gasteiger partial charge in [0.25, 0.3) is 0 Å². The van der Waals surface area contributed by atoms with Gasteiger partial charge in [-0.1, -0.05) is 30.7 Å². The summed E-state index contributed by atoms with van der Waals surface area (Å²) in [5.74, 6) is 1.83. The summed E-state index contributed by atoms with van der Waals surface area (Å²) in [7, 11) is 3.43. The maximum atomic E-state index is 6.04. The number of fused-ring (bicyclic) bond motifs is 1. The molecule has 0 saturated heterocycles. The molecule has 0 atom stereocenters. The summed E-state index contributed by atoms with van der Waals surface area (Å²) in [5, 5.41) is 2.19. The van der Waals surface area contributed by atoms with Crippen LogP contribution in [0, 0.1) is 0 Å². The molecule has 3 nitrogen and oxygen atoms in total. The maximum absolute atomic E-state index is 6.04. The quantitative estimate of drug-likeness (QED) is 0.928. The maximum Gasteiger partial charge on any atom is 0.130 e. The van der Waals surface area contributed by atoms with Gasteiger partial charge < -0.3 is 15.2 Å². The van der Waals surface area contributed by atoms with Gasteiger partial charge in [0.2, 0.25) is 0 Å². The zero-order chi connectivity index (χ0) is 14.2. The fourth-order valence-electron chi connectivity index (χ4n) is 3.30. The van der Waals surface area contributed by atoms with Crippen LogP contribution in [-0.2, 0) is 5.41 Å². The Bertz CT molecular complexity index is 627. The molecule has 1 aliphatic rings. The summed E-state index contributed by atoms with van der Waals surface area (Å²) in [6, 6.07) is 10.4. The molecule has 0 unspecified atom stereocenters. The Hall–Kier alpha value is -1.74. The van der Waals surface area contributed by atoms with Gasteiger partial charge in [-0.3, -0.25) is 0 Å². The van der Waals surface area contributed by atoms with E-state index in [0.29, 0.717) is 6.54 Å². The third-order valence-electron chi connectivity index (χ3n) is 4.67. The summed E-state index contributed by atoms with van der Waals surface area (Å²) >= 11 is 0. The van der Waals surface area contributed by atoms with E-state index in [1.54, 1.807) is 14.2 Å². The van der Waals surface area contributed by atoms with Crippen molar-refractivity contribution in [2.45, 2.75) is 24.7 Å². The first-order valence-corrected chi connectivity index (χ1v) is 7.10. The van der Waals surface area contributed by atoms with E-state index in [2.05, 4.69) is 18.2 Å². The summed E-state index contributed by atoms with van der Waals surface area (Å²) in [4.78, 5) is 0. The van der Waals surface area contributed by atoms with Gasteiger partial charge in [0.15, 0.2) is 0 Å². The van der Waals surface area contributed by atoms with Crippen LogP contribution in [-0.4, -0.2) is 20.8 Å². The van der Waals surface area contributed by atoms with E-state index >= 15 is 0 Å². The number of rotatable bonds is 4. The number of hydrogen-bond acceptors (Lipinski definition) is 3. The zero-order valence-electron chi connectivity index (χ0n) is 12.1. The molecule has 1 saturated carbocycles. The lowest BCUT2D eigenvalue weighted by Crippen LogP contribution is -2.41. The smallest absolute Gasteiger partial charge is 0.130 e. The third kappa shape index (κ3) is 1.77. The van der Waals surface area contributed by atoms with Gasteiger partial charge >= 0.3 is 0 Å². The number of hydrogen-bond donors (Lipinski definition) is 1. The Balaban J connectivity index is 2.25. The lowest BCUT2D eigenvalue weighted by molar-refractivity contribution is 0.244. The second-order valence-corrected chi connectivity index (χ2v) is 5.54. The van der Waals surface area contributed by atoms with Crippen LogP contribution in [0.4, 0.5) is 0 Å². The predicted molar refractivity (Wildman–Crippen MR) is 81.6 cm³/mol. The third-order valence-corrected chi connectivity index (χ3v) is 4.67. The Kier molecular flexibility index (Phi) is 3.30. The molecule has 3 heteroatoms. The predicted octanol–water partition coefficient (Wildman–Crippen LogP) is 3.24. The molecule has 1 fully saturated rings. The SMILES string of the molecule is COc1cccc2c(OC)c(C3(CN)CCC3)ccc12. The van der Waals surface area contributed by atoms with E-state index in [0.717, 1.165) is 35.1 Å². The van der Waals surface area contributed by atoms with Gasteiger partial charge in [0.1, 0.15) is 11.5 Å². The first-order valence-electron chi connectivity index (χ1n) is 7.10. The van der Waals surface area contributed by atoms with Crippen molar-refractivity contribution in [1.29, 1.82) is 0 Å². The van der Waals surface area contributed by atoms with Gasteiger partial charge in [-0.05, 0) is 18.9 Å². The molecule has 3 rings (SSSR count). The standard InChI is InChI=1S/C17H21NO2/c1-19-15-6-3-5-13-12(15)7-8-14(16(13)20-2)17(11-18)9-4-10-17/h3,5-8H,4,9-11,18H2,1-2H3. The van der Waals surface area contributed by atoms with Gasteiger partial charge in [0, 0.05) is 28.3 Å². The summed E-state index contributed by atoms with van der Waals surface area (Å²) < 4.78 is 11.2. The molecule has 2 N–H and O–H groups in total. The van der Waals surface area contributed by atoms with E-state index in [4.69, 9.17) is 15.2 Å². The van der Waals surface area contributed by atoms with Crippen molar-refractivity contribution in [3.63, 3.8) is 0 Å². The Labute approximate surface area is 119 Å². The molecular weight excluding hydrogens is 250 g/mol. The van der Waals surface area contributed by atoms with Crippen LogP contribution in [0.25, 0.3) is 10.8 Å². The van der Waals surface area contributed by atoms with Crippen LogP contribution in [0.2, 0.25) is 0 Å². The molecular formula is C17H21NO2. The van der Waals surface area contributed by atoms with Crippen molar-refractivity contribution < 1.29 is 9.47 Å². The fraction of sp³-hybridized carbons (Fsp3) is 0.412. The van der Waals surface area contributed by atoms with Gasteiger partial charge in [-0.25, -0.2) is 0 Å². The van der Waals surface area contributed by atoms with Crippen molar-refractivity contribution in [2.24, 2.45) is 5.73 Å². The Morgan fingerprint density at radius 1 is 1.05 bits per heavy atom. The lowest BCUT2D eigenvalue weighted by Gasteiger charge is -2.42. The summed E-state index contributed by atoms with van der Waals surface area (Å²) in [5.41, 5.74) is 7.39. The topological polar surface area (TPSA) is 44.5 Å². The second-order valence-electron chi connectivity index (χ2n) is 5.54. The first kappa shape index (κ1) is 13.3. The lowest BCUT2D eigenvalue weighted by atomic mass is 9.64. The van der Waals surface area contributed by atoms with Crippen LogP contribution in [0.5, 0.6) is 11.5 Å². The number of nitrogens with two attached hydrogens (primary N) is 1. The molecule has 0 bridgehead atoms. The molecule has 20 heavy (non-hydrogen) atoms. The number of methoxy groups -OCH3 is 2. The minimum Gasteiger partial charge on any atom is -0.496 e. The average molecular weight is 271 g/mol. The number of ether oxygens (including phenoxy) is 2. The van der Waals surface area contributed by atoms with Crippen molar-refractivity contribution >= 4 is 10.8 Å². The van der Waals surface area contributed by atoms with Crippen LogP contribution in [0.15, 0.2) is 30.3 Å². The number of benzene rings is 2.